The monoisotopic (exact) mass is 270 g/mol. The lowest BCUT2D eigenvalue weighted by molar-refractivity contribution is 0.286. The maximum Gasteiger partial charge on any atom is 0.229 e. The number of rotatable bonds is 10. The molecule has 0 aliphatic rings. The van der Waals surface area contributed by atoms with Gasteiger partial charge in [-0.25, -0.2) is 0 Å². The van der Waals surface area contributed by atoms with Crippen molar-refractivity contribution in [2.75, 3.05) is 42.7 Å². The minimum absolute atomic E-state index is 0.157. The van der Waals surface area contributed by atoms with E-state index in [2.05, 4.69) is 25.6 Å². The van der Waals surface area contributed by atoms with E-state index in [0.717, 1.165) is 25.7 Å². The summed E-state index contributed by atoms with van der Waals surface area (Å²) in [6.45, 7) is 1.71. The number of unbranched alkanes of at least 4 members (excludes halogenated alkanes) is 2. The molecule has 8 heteroatoms. The average Bonchev–Trinajstić information content (AvgIpc) is 2.39. The lowest BCUT2D eigenvalue weighted by Gasteiger charge is -2.08. The molecule has 1 aromatic rings. The maximum atomic E-state index is 8.68. The Balaban J connectivity index is 2.41. The van der Waals surface area contributed by atoms with Gasteiger partial charge in [-0.3, -0.25) is 0 Å². The third-order valence-electron chi connectivity index (χ3n) is 2.39. The number of anilines is 3. The zero-order valence-corrected chi connectivity index (χ0v) is 11.0. The molecule has 0 aliphatic carbocycles. The summed E-state index contributed by atoms with van der Waals surface area (Å²) in [5.74, 6) is 1.01. The Bertz CT molecular complexity index is 333. The number of aromatic nitrogens is 3. The van der Waals surface area contributed by atoms with Crippen LogP contribution in [0.4, 0.5) is 17.8 Å². The fraction of sp³-hybridized carbons (Fsp3) is 0.727. The number of nitrogen functional groups attached to an aromatic ring is 1. The van der Waals surface area contributed by atoms with Crippen LogP contribution in [0.15, 0.2) is 0 Å². The number of hydrogen-bond acceptors (Lipinski definition) is 8. The summed E-state index contributed by atoms with van der Waals surface area (Å²) in [5, 5.41) is 23.4. The van der Waals surface area contributed by atoms with Gasteiger partial charge < -0.3 is 26.6 Å². The van der Waals surface area contributed by atoms with Crippen molar-refractivity contribution >= 4 is 17.8 Å². The van der Waals surface area contributed by atoms with Crippen LogP contribution in [-0.4, -0.2) is 51.5 Å². The summed E-state index contributed by atoms with van der Waals surface area (Å²) in [5.41, 5.74) is 5.60. The number of aliphatic hydroxyl groups is 2. The molecule has 0 amide bonds. The molecule has 0 atom stereocenters. The summed E-state index contributed by atoms with van der Waals surface area (Å²) in [6.07, 6.45) is 3.14. The third-order valence-corrected chi connectivity index (χ3v) is 2.39. The Morgan fingerprint density at radius 3 is 1.68 bits per heavy atom. The minimum Gasteiger partial charge on any atom is -0.396 e. The van der Waals surface area contributed by atoms with Gasteiger partial charge in [0, 0.05) is 26.3 Å². The second kappa shape index (κ2) is 9.29. The quantitative estimate of drug-likeness (QED) is 0.370. The van der Waals surface area contributed by atoms with Gasteiger partial charge in [-0.2, -0.15) is 15.0 Å². The van der Waals surface area contributed by atoms with Crippen LogP contribution in [0.25, 0.3) is 0 Å². The van der Waals surface area contributed by atoms with E-state index in [4.69, 9.17) is 15.9 Å². The van der Waals surface area contributed by atoms with Gasteiger partial charge in [-0.15, -0.1) is 0 Å². The first-order valence-corrected chi connectivity index (χ1v) is 6.47. The predicted molar refractivity (Wildman–Crippen MR) is 73.9 cm³/mol. The number of hydrogen-bond donors (Lipinski definition) is 5. The lowest BCUT2D eigenvalue weighted by atomic mass is 10.3. The van der Waals surface area contributed by atoms with Crippen molar-refractivity contribution in [3.05, 3.63) is 0 Å². The van der Waals surface area contributed by atoms with Crippen LogP contribution in [0, 0.1) is 0 Å². The van der Waals surface area contributed by atoms with Gasteiger partial charge in [0.2, 0.25) is 17.8 Å². The second-order valence-corrected chi connectivity index (χ2v) is 4.06. The van der Waals surface area contributed by atoms with E-state index in [1.54, 1.807) is 0 Å². The normalized spacial score (nSPS) is 10.4. The molecule has 0 unspecified atom stereocenters. The van der Waals surface area contributed by atoms with Gasteiger partial charge in [-0.05, 0) is 25.7 Å². The molecule has 0 fully saturated rings. The first kappa shape index (κ1) is 15.4. The highest BCUT2D eigenvalue weighted by molar-refractivity contribution is 5.39. The molecule has 0 radical (unpaired) electrons. The lowest BCUT2D eigenvalue weighted by Crippen LogP contribution is -2.12. The summed E-state index contributed by atoms with van der Waals surface area (Å²) < 4.78 is 0. The van der Waals surface area contributed by atoms with Crippen molar-refractivity contribution in [1.29, 1.82) is 0 Å². The van der Waals surface area contributed by atoms with E-state index in [0.29, 0.717) is 25.0 Å². The molecular weight excluding hydrogens is 248 g/mol. The number of aliphatic hydroxyl groups excluding tert-OH is 2. The zero-order valence-electron chi connectivity index (χ0n) is 11.0. The molecule has 1 aromatic heterocycles. The number of nitrogens with zero attached hydrogens (tertiary/aromatic N) is 3. The van der Waals surface area contributed by atoms with Crippen LogP contribution in [0.1, 0.15) is 25.7 Å². The molecule has 8 nitrogen and oxygen atoms in total. The summed E-state index contributed by atoms with van der Waals surface area (Å²) in [4.78, 5) is 12.1. The molecule has 6 N–H and O–H groups in total. The molecule has 0 bridgehead atoms. The van der Waals surface area contributed by atoms with E-state index in [9.17, 15) is 0 Å². The van der Waals surface area contributed by atoms with Gasteiger partial charge in [0.05, 0.1) is 0 Å². The van der Waals surface area contributed by atoms with Gasteiger partial charge in [-0.1, -0.05) is 0 Å². The molecule has 0 aromatic carbocycles. The van der Waals surface area contributed by atoms with Crippen molar-refractivity contribution < 1.29 is 10.2 Å². The van der Waals surface area contributed by atoms with E-state index in [-0.39, 0.29) is 19.2 Å². The SMILES string of the molecule is Nc1nc(NCCCCO)nc(NCCCCO)n1. The van der Waals surface area contributed by atoms with Crippen LogP contribution in [0.5, 0.6) is 0 Å². The first-order valence-electron chi connectivity index (χ1n) is 6.47. The van der Waals surface area contributed by atoms with Gasteiger partial charge in [0.25, 0.3) is 0 Å². The van der Waals surface area contributed by atoms with Crippen molar-refractivity contribution in [3.8, 4) is 0 Å². The Kier molecular flexibility index (Phi) is 7.52. The van der Waals surface area contributed by atoms with Crippen molar-refractivity contribution in [3.63, 3.8) is 0 Å². The molecule has 0 spiro atoms. The van der Waals surface area contributed by atoms with E-state index in [1.165, 1.54) is 0 Å². The van der Waals surface area contributed by atoms with Gasteiger partial charge in [0.15, 0.2) is 0 Å². The second-order valence-electron chi connectivity index (χ2n) is 4.06. The molecule has 0 saturated heterocycles. The standard InChI is InChI=1S/C11H22N6O2/c12-9-15-10(13-5-1-3-7-18)17-11(16-9)14-6-2-4-8-19/h18-19H,1-8H2,(H4,12,13,14,15,16,17). The molecule has 0 aliphatic heterocycles. The molecular formula is C11H22N6O2. The smallest absolute Gasteiger partial charge is 0.229 e. The van der Waals surface area contributed by atoms with Crippen molar-refractivity contribution in [2.45, 2.75) is 25.7 Å². The summed E-state index contributed by atoms with van der Waals surface area (Å²) in [7, 11) is 0. The molecule has 0 saturated carbocycles. The minimum atomic E-state index is 0.157. The Morgan fingerprint density at radius 2 is 1.26 bits per heavy atom. The maximum absolute atomic E-state index is 8.68. The van der Waals surface area contributed by atoms with Crippen LogP contribution >= 0.6 is 0 Å². The molecule has 1 heterocycles. The van der Waals surface area contributed by atoms with Crippen LogP contribution < -0.4 is 16.4 Å². The van der Waals surface area contributed by atoms with E-state index >= 15 is 0 Å². The summed E-state index contributed by atoms with van der Waals surface area (Å²) in [6, 6.07) is 0. The number of nitrogens with one attached hydrogen (secondary N) is 2. The van der Waals surface area contributed by atoms with E-state index in [1.807, 2.05) is 0 Å². The Labute approximate surface area is 112 Å². The highest BCUT2D eigenvalue weighted by Gasteiger charge is 2.03. The Hall–Kier alpha value is -1.67. The highest BCUT2D eigenvalue weighted by Crippen LogP contribution is 2.07. The number of nitrogens with two attached hydrogens (primary N) is 1. The van der Waals surface area contributed by atoms with Crippen molar-refractivity contribution in [1.82, 2.24) is 15.0 Å². The summed E-state index contributed by atoms with van der Waals surface area (Å²) >= 11 is 0. The zero-order chi connectivity index (χ0) is 13.9. The third kappa shape index (κ3) is 6.73. The van der Waals surface area contributed by atoms with Crippen molar-refractivity contribution in [2.24, 2.45) is 0 Å². The largest absolute Gasteiger partial charge is 0.396 e. The fourth-order valence-corrected chi connectivity index (χ4v) is 1.42. The molecule has 108 valence electrons. The van der Waals surface area contributed by atoms with Crippen LogP contribution in [0.3, 0.4) is 0 Å². The average molecular weight is 270 g/mol. The highest BCUT2D eigenvalue weighted by atomic mass is 16.3. The van der Waals surface area contributed by atoms with Gasteiger partial charge in [0.1, 0.15) is 0 Å². The topological polar surface area (TPSA) is 129 Å². The van der Waals surface area contributed by atoms with Crippen LogP contribution in [0.2, 0.25) is 0 Å². The molecule has 1 rings (SSSR count). The van der Waals surface area contributed by atoms with Crippen LogP contribution in [-0.2, 0) is 0 Å². The Morgan fingerprint density at radius 1 is 0.789 bits per heavy atom. The van der Waals surface area contributed by atoms with E-state index < -0.39 is 0 Å². The first-order chi connectivity index (χ1) is 9.26. The van der Waals surface area contributed by atoms with Gasteiger partial charge >= 0.3 is 0 Å². The fourth-order valence-electron chi connectivity index (χ4n) is 1.42. The predicted octanol–water partition coefficient (Wildman–Crippen LogP) is -0.177. The molecule has 19 heavy (non-hydrogen) atoms.